The highest BCUT2D eigenvalue weighted by molar-refractivity contribution is 6.04. The molecule has 2 heterocycles. The van der Waals surface area contributed by atoms with E-state index in [1.54, 1.807) is 12.3 Å². The van der Waals surface area contributed by atoms with Gasteiger partial charge in [-0.15, -0.1) is 0 Å². The molecule has 130 valence electrons. The van der Waals surface area contributed by atoms with Crippen LogP contribution in [0.25, 0.3) is 21.8 Å². The zero-order valence-electron chi connectivity index (χ0n) is 14.4. The van der Waals surface area contributed by atoms with Crippen LogP contribution in [0.4, 0.5) is 0 Å². The van der Waals surface area contributed by atoms with Gasteiger partial charge in [0.25, 0.3) is 5.56 Å². The standard InChI is InChI=1S/C20H17N3O3/c1-12-6-5-8-14-18(12)21-17(22-19(14)24)11-26-20(25)15-10-23(2)16-9-4-3-7-13(15)16/h3-10H,11H2,1-2H3,(H,21,22,24). The molecule has 0 fully saturated rings. The Labute approximate surface area is 149 Å². The number of aryl methyl sites for hydroxylation is 2. The molecule has 0 saturated carbocycles. The number of H-pyrrole nitrogens is 1. The van der Waals surface area contributed by atoms with Crippen LogP contribution >= 0.6 is 0 Å². The minimum absolute atomic E-state index is 0.0957. The molecule has 4 rings (SSSR count). The number of hydrogen-bond acceptors (Lipinski definition) is 4. The van der Waals surface area contributed by atoms with Gasteiger partial charge in [-0.3, -0.25) is 4.79 Å². The predicted octanol–water partition coefficient (Wildman–Crippen LogP) is 3.08. The second-order valence-electron chi connectivity index (χ2n) is 6.23. The molecule has 2 aromatic carbocycles. The van der Waals surface area contributed by atoms with E-state index in [1.165, 1.54) is 0 Å². The van der Waals surface area contributed by atoms with Crippen LogP contribution in [-0.4, -0.2) is 20.5 Å². The molecule has 2 aromatic heterocycles. The second kappa shape index (κ2) is 6.15. The van der Waals surface area contributed by atoms with E-state index in [9.17, 15) is 9.59 Å². The third-order valence-corrected chi connectivity index (χ3v) is 4.44. The summed E-state index contributed by atoms with van der Waals surface area (Å²) in [5.41, 5.74) is 2.72. The summed E-state index contributed by atoms with van der Waals surface area (Å²) < 4.78 is 7.27. The largest absolute Gasteiger partial charge is 0.454 e. The van der Waals surface area contributed by atoms with E-state index < -0.39 is 5.97 Å². The van der Waals surface area contributed by atoms with Crippen molar-refractivity contribution in [3.8, 4) is 0 Å². The molecule has 0 aliphatic carbocycles. The molecule has 0 aliphatic rings. The summed E-state index contributed by atoms with van der Waals surface area (Å²) in [5.74, 6) is -0.125. The Morgan fingerprint density at radius 3 is 2.77 bits per heavy atom. The Bertz CT molecular complexity index is 1200. The van der Waals surface area contributed by atoms with Crippen molar-refractivity contribution in [3.05, 3.63) is 76.0 Å². The number of carbonyl (C=O) groups is 1. The first-order valence-electron chi connectivity index (χ1n) is 8.24. The zero-order chi connectivity index (χ0) is 18.3. The molecule has 0 aliphatic heterocycles. The Morgan fingerprint density at radius 1 is 1.15 bits per heavy atom. The smallest absolute Gasteiger partial charge is 0.340 e. The van der Waals surface area contributed by atoms with E-state index in [4.69, 9.17) is 4.74 Å². The van der Waals surface area contributed by atoms with Gasteiger partial charge in [-0.1, -0.05) is 30.3 Å². The monoisotopic (exact) mass is 347 g/mol. The van der Waals surface area contributed by atoms with Gasteiger partial charge in [-0.2, -0.15) is 0 Å². The summed E-state index contributed by atoms with van der Waals surface area (Å²) in [6.07, 6.45) is 1.74. The molecule has 1 N–H and O–H groups in total. The number of nitrogens with zero attached hydrogens (tertiary/aromatic N) is 2. The summed E-state index contributed by atoms with van der Waals surface area (Å²) in [6.45, 7) is 1.79. The molecule has 0 unspecified atom stereocenters. The minimum Gasteiger partial charge on any atom is -0.454 e. The fraction of sp³-hybridized carbons (Fsp3) is 0.150. The molecule has 0 atom stereocenters. The lowest BCUT2D eigenvalue weighted by Gasteiger charge is -2.06. The van der Waals surface area contributed by atoms with Crippen molar-refractivity contribution in [1.29, 1.82) is 0 Å². The lowest BCUT2D eigenvalue weighted by Crippen LogP contribution is -2.15. The third kappa shape index (κ3) is 2.65. The lowest BCUT2D eigenvalue weighted by atomic mass is 10.1. The zero-order valence-corrected chi connectivity index (χ0v) is 14.4. The minimum atomic E-state index is -0.450. The van der Waals surface area contributed by atoms with Crippen LogP contribution in [-0.2, 0) is 18.4 Å². The van der Waals surface area contributed by atoms with E-state index in [-0.39, 0.29) is 12.2 Å². The Kier molecular flexibility index (Phi) is 3.80. The first-order chi connectivity index (χ1) is 12.5. The van der Waals surface area contributed by atoms with Crippen LogP contribution in [0.2, 0.25) is 0 Å². The third-order valence-electron chi connectivity index (χ3n) is 4.44. The van der Waals surface area contributed by atoms with Crippen molar-refractivity contribution in [2.75, 3.05) is 0 Å². The molecule has 0 amide bonds. The fourth-order valence-electron chi connectivity index (χ4n) is 3.14. The van der Waals surface area contributed by atoms with Gasteiger partial charge in [0.15, 0.2) is 0 Å². The molecule has 4 aromatic rings. The highest BCUT2D eigenvalue weighted by atomic mass is 16.5. The van der Waals surface area contributed by atoms with E-state index >= 15 is 0 Å². The van der Waals surface area contributed by atoms with Gasteiger partial charge in [0.05, 0.1) is 16.5 Å². The van der Waals surface area contributed by atoms with Gasteiger partial charge < -0.3 is 14.3 Å². The van der Waals surface area contributed by atoms with Crippen LogP contribution in [0.5, 0.6) is 0 Å². The number of ether oxygens (including phenoxy) is 1. The predicted molar refractivity (Wildman–Crippen MR) is 99.1 cm³/mol. The average Bonchev–Trinajstić information content (AvgIpc) is 2.98. The number of carbonyl (C=O) groups excluding carboxylic acids is 1. The Hall–Kier alpha value is -3.41. The van der Waals surface area contributed by atoms with Gasteiger partial charge in [0.2, 0.25) is 0 Å². The van der Waals surface area contributed by atoms with Gasteiger partial charge in [0, 0.05) is 24.1 Å². The molecule has 6 heteroatoms. The SMILES string of the molecule is Cc1cccc2c(=O)[nH]c(COC(=O)c3cn(C)c4ccccc34)nc12. The number of esters is 1. The summed E-state index contributed by atoms with van der Waals surface area (Å²) in [4.78, 5) is 31.8. The molecule has 0 saturated heterocycles. The number of aromatic nitrogens is 3. The summed E-state index contributed by atoms with van der Waals surface area (Å²) in [7, 11) is 1.88. The summed E-state index contributed by atoms with van der Waals surface area (Å²) in [5, 5.41) is 1.35. The van der Waals surface area contributed by atoms with Crippen molar-refractivity contribution in [2.24, 2.45) is 7.05 Å². The second-order valence-corrected chi connectivity index (χ2v) is 6.23. The fourth-order valence-corrected chi connectivity index (χ4v) is 3.14. The van der Waals surface area contributed by atoms with Crippen LogP contribution in [0.1, 0.15) is 21.7 Å². The summed E-state index contributed by atoms with van der Waals surface area (Å²) in [6, 6.07) is 13.0. The number of nitrogens with one attached hydrogen (secondary N) is 1. The maximum atomic E-state index is 12.5. The van der Waals surface area contributed by atoms with E-state index in [2.05, 4.69) is 9.97 Å². The molecule has 26 heavy (non-hydrogen) atoms. The van der Waals surface area contributed by atoms with Crippen LogP contribution in [0.15, 0.2) is 53.5 Å². The first-order valence-corrected chi connectivity index (χ1v) is 8.24. The summed E-state index contributed by atoms with van der Waals surface area (Å²) >= 11 is 0. The molecular weight excluding hydrogens is 330 g/mol. The van der Waals surface area contributed by atoms with Crippen molar-refractivity contribution in [2.45, 2.75) is 13.5 Å². The Balaban J connectivity index is 1.63. The van der Waals surface area contributed by atoms with Crippen LogP contribution in [0.3, 0.4) is 0 Å². The van der Waals surface area contributed by atoms with Gasteiger partial charge in [-0.05, 0) is 24.6 Å². The Morgan fingerprint density at radius 2 is 1.92 bits per heavy atom. The lowest BCUT2D eigenvalue weighted by molar-refractivity contribution is 0.0464. The van der Waals surface area contributed by atoms with Gasteiger partial charge >= 0.3 is 5.97 Å². The van der Waals surface area contributed by atoms with Gasteiger partial charge in [-0.25, -0.2) is 9.78 Å². The maximum absolute atomic E-state index is 12.5. The number of para-hydroxylation sites is 2. The molecule has 0 radical (unpaired) electrons. The van der Waals surface area contributed by atoms with E-state index in [0.717, 1.165) is 16.5 Å². The highest BCUT2D eigenvalue weighted by Crippen LogP contribution is 2.21. The number of aromatic amines is 1. The molecular formula is C20H17N3O3. The van der Waals surface area contributed by atoms with Crippen molar-refractivity contribution in [3.63, 3.8) is 0 Å². The number of rotatable bonds is 3. The normalized spacial score (nSPS) is 11.2. The van der Waals surface area contributed by atoms with Gasteiger partial charge in [0.1, 0.15) is 12.4 Å². The highest BCUT2D eigenvalue weighted by Gasteiger charge is 2.16. The average molecular weight is 347 g/mol. The van der Waals surface area contributed by atoms with Crippen LogP contribution in [0, 0.1) is 6.92 Å². The van der Waals surface area contributed by atoms with E-state index in [1.807, 2.05) is 54.9 Å². The van der Waals surface area contributed by atoms with E-state index in [0.29, 0.717) is 22.3 Å². The van der Waals surface area contributed by atoms with Crippen molar-refractivity contribution in [1.82, 2.24) is 14.5 Å². The van der Waals surface area contributed by atoms with Crippen molar-refractivity contribution >= 4 is 27.8 Å². The molecule has 0 bridgehead atoms. The molecule has 0 spiro atoms. The quantitative estimate of drug-likeness (QED) is 0.578. The van der Waals surface area contributed by atoms with Crippen LogP contribution < -0.4 is 5.56 Å². The topological polar surface area (TPSA) is 77.0 Å². The maximum Gasteiger partial charge on any atom is 0.340 e. The number of hydrogen-bond donors (Lipinski definition) is 1. The first kappa shape index (κ1) is 16.1. The number of benzene rings is 2. The molecule has 6 nitrogen and oxygen atoms in total. The van der Waals surface area contributed by atoms with Crippen molar-refractivity contribution < 1.29 is 9.53 Å². The number of fused-ring (bicyclic) bond motifs is 2.